The van der Waals surface area contributed by atoms with Crippen LogP contribution in [0, 0.1) is 0 Å². The summed E-state index contributed by atoms with van der Waals surface area (Å²) in [6.45, 7) is 1.89. The van der Waals surface area contributed by atoms with Crippen LogP contribution in [-0.4, -0.2) is 40.1 Å². The molecule has 1 aromatic carbocycles. The summed E-state index contributed by atoms with van der Waals surface area (Å²) < 4.78 is 0. The van der Waals surface area contributed by atoms with Crippen LogP contribution in [0.15, 0.2) is 18.2 Å². The molecule has 1 rings (SSSR count). The van der Waals surface area contributed by atoms with Crippen molar-refractivity contribution in [2.45, 2.75) is 19.4 Å². The third kappa shape index (κ3) is 4.73. The second-order valence-electron chi connectivity index (χ2n) is 4.64. The molecule has 0 aromatic heterocycles. The molecule has 0 aliphatic rings. The van der Waals surface area contributed by atoms with Crippen molar-refractivity contribution in [1.29, 1.82) is 0 Å². The van der Waals surface area contributed by atoms with Crippen LogP contribution in [0.2, 0.25) is 5.02 Å². The quantitative estimate of drug-likeness (QED) is 0.643. The summed E-state index contributed by atoms with van der Waals surface area (Å²) in [5.41, 5.74) is -1.65. The lowest BCUT2D eigenvalue weighted by molar-refractivity contribution is -0.155. The Kier molecular flexibility index (Phi) is 5.28. The first-order valence-corrected chi connectivity index (χ1v) is 6.32. The van der Waals surface area contributed by atoms with Gasteiger partial charge >= 0.3 is 5.97 Å². The summed E-state index contributed by atoms with van der Waals surface area (Å²) in [6, 6.07) is 4.31. The van der Waals surface area contributed by atoms with Crippen LogP contribution in [0.3, 0.4) is 0 Å². The molecule has 0 bridgehead atoms. The Bertz CT molecular complexity index is 586. The second kappa shape index (κ2) is 6.55. The minimum Gasteiger partial charge on any atom is -0.479 e. The van der Waals surface area contributed by atoms with Gasteiger partial charge in [0.15, 0.2) is 5.60 Å². The molecule has 0 fully saturated rings. The van der Waals surface area contributed by atoms with E-state index in [0.29, 0.717) is 5.69 Å². The van der Waals surface area contributed by atoms with Crippen molar-refractivity contribution < 1.29 is 24.6 Å². The molecule has 0 radical (unpaired) electrons. The molecule has 1 atom stereocenters. The molecule has 21 heavy (non-hydrogen) atoms. The van der Waals surface area contributed by atoms with E-state index in [9.17, 15) is 19.5 Å². The fourth-order valence-corrected chi connectivity index (χ4v) is 1.61. The highest BCUT2D eigenvalue weighted by Crippen LogP contribution is 2.20. The molecule has 0 saturated heterocycles. The number of amides is 2. The summed E-state index contributed by atoms with van der Waals surface area (Å²) in [5, 5.41) is 23.2. The van der Waals surface area contributed by atoms with Crippen molar-refractivity contribution in [1.82, 2.24) is 5.32 Å². The Morgan fingerprint density at radius 3 is 2.48 bits per heavy atom. The predicted molar refractivity (Wildman–Crippen MR) is 76.3 cm³/mol. The maximum absolute atomic E-state index is 12.0. The third-order valence-corrected chi connectivity index (χ3v) is 2.91. The molecule has 7 nitrogen and oxygen atoms in total. The molecule has 4 N–H and O–H groups in total. The molecule has 0 aliphatic carbocycles. The lowest BCUT2D eigenvalue weighted by Crippen LogP contribution is -2.46. The number of aliphatic hydroxyl groups is 1. The zero-order valence-electron chi connectivity index (χ0n) is 11.4. The molecule has 2 amide bonds. The van der Waals surface area contributed by atoms with Gasteiger partial charge < -0.3 is 20.8 Å². The van der Waals surface area contributed by atoms with Crippen LogP contribution >= 0.6 is 11.6 Å². The molecule has 1 aromatic rings. The van der Waals surface area contributed by atoms with Gasteiger partial charge in [0.05, 0.1) is 17.1 Å². The first-order valence-electron chi connectivity index (χ1n) is 5.94. The molecule has 0 heterocycles. The number of hydrogen-bond donors (Lipinski definition) is 4. The highest BCUT2D eigenvalue weighted by molar-refractivity contribution is 6.34. The van der Waals surface area contributed by atoms with E-state index in [2.05, 4.69) is 10.6 Å². The van der Waals surface area contributed by atoms with E-state index in [0.717, 1.165) is 6.92 Å². The Morgan fingerprint density at radius 2 is 1.95 bits per heavy atom. The largest absolute Gasteiger partial charge is 0.479 e. The monoisotopic (exact) mass is 314 g/mol. The number of aliphatic carboxylic acids is 1. The number of carboxylic acid groups (broad SMARTS) is 1. The summed E-state index contributed by atoms with van der Waals surface area (Å²) in [5.74, 6) is -2.42. The minimum atomic E-state index is -2.09. The van der Waals surface area contributed by atoms with Gasteiger partial charge in [0.25, 0.3) is 5.91 Å². The fourth-order valence-electron chi connectivity index (χ4n) is 1.40. The maximum Gasteiger partial charge on any atom is 0.337 e. The average molecular weight is 315 g/mol. The molecule has 0 spiro atoms. The topological polar surface area (TPSA) is 116 Å². The molecule has 114 valence electrons. The van der Waals surface area contributed by atoms with E-state index in [-0.39, 0.29) is 16.5 Å². The molecule has 0 saturated carbocycles. The zero-order valence-corrected chi connectivity index (χ0v) is 12.2. The number of halogens is 1. The van der Waals surface area contributed by atoms with Gasteiger partial charge in [0, 0.05) is 12.6 Å². The highest BCUT2D eigenvalue weighted by atomic mass is 35.5. The van der Waals surface area contributed by atoms with E-state index < -0.39 is 24.0 Å². The standard InChI is InChI=1S/C13H15ClN2O5/c1-7(17)16-8-3-4-10(14)9(5-8)11(18)15-6-13(2,21)12(19)20/h3-5,21H,6H2,1-2H3,(H,15,18)(H,16,17)(H,19,20). The number of carbonyl (C=O) groups is 3. The smallest absolute Gasteiger partial charge is 0.337 e. The number of benzene rings is 1. The van der Waals surface area contributed by atoms with Crippen molar-refractivity contribution in [3.05, 3.63) is 28.8 Å². The van der Waals surface area contributed by atoms with E-state index in [1.54, 1.807) is 0 Å². The Labute approximate surface area is 125 Å². The van der Waals surface area contributed by atoms with Crippen molar-refractivity contribution in [3.8, 4) is 0 Å². The van der Waals surface area contributed by atoms with Crippen LogP contribution in [-0.2, 0) is 9.59 Å². The van der Waals surface area contributed by atoms with Crippen LogP contribution in [0.4, 0.5) is 5.69 Å². The number of nitrogens with one attached hydrogen (secondary N) is 2. The second-order valence-corrected chi connectivity index (χ2v) is 5.04. The summed E-state index contributed by atoms with van der Waals surface area (Å²) in [6.07, 6.45) is 0. The van der Waals surface area contributed by atoms with Crippen molar-refractivity contribution in [3.63, 3.8) is 0 Å². The van der Waals surface area contributed by atoms with E-state index in [1.165, 1.54) is 25.1 Å². The first-order chi connectivity index (χ1) is 9.63. The Hall–Kier alpha value is -2.12. The van der Waals surface area contributed by atoms with Gasteiger partial charge in [-0.2, -0.15) is 0 Å². The van der Waals surface area contributed by atoms with Gasteiger partial charge in [-0.25, -0.2) is 4.79 Å². The van der Waals surface area contributed by atoms with Crippen molar-refractivity contribution >= 4 is 35.1 Å². The van der Waals surface area contributed by atoms with Crippen molar-refractivity contribution in [2.24, 2.45) is 0 Å². The highest BCUT2D eigenvalue weighted by Gasteiger charge is 2.30. The third-order valence-electron chi connectivity index (χ3n) is 2.59. The Balaban J connectivity index is 2.87. The lowest BCUT2D eigenvalue weighted by Gasteiger charge is -2.18. The van der Waals surface area contributed by atoms with Crippen LogP contribution < -0.4 is 10.6 Å². The van der Waals surface area contributed by atoms with Crippen molar-refractivity contribution in [2.75, 3.05) is 11.9 Å². The summed E-state index contributed by atoms with van der Waals surface area (Å²) in [4.78, 5) is 33.7. The molecular weight excluding hydrogens is 300 g/mol. The van der Waals surface area contributed by atoms with Gasteiger partial charge in [0.1, 0.15) is 0 Å². The number of rotatable bonds is 5. The number of anilines is 1. The number of carbonyl (C=O) groups excluding carboxylic acids is 2. The molecular formula is C13H15ClN2O5. The lowest BCUT2D eigenvalue weighted by atomic mass is 10.1. The van der Waals surface area contributed by atoms with Gasteiger partial charge in [-0.3, -0.25) is 9.59 Å². The average Bonchev–Trinajstić information content (AvgIpc) is 2.37. The van der Waals surface area contributed by atoms with E-state index >= 15 is 0 Å². The van der Waals surface area contributed by atoms with Crippen LogP contribution in [0.5, 0.6) is 0 Å². The normalized spacial score (nSPS) is 13.1. The van der Waals surface area contributed by atoms with Gasteiger partial charge in [-0.15, -0.1) is 0 Å². The van der Waals surface area contributed by atoms with E-state index in [1.807, 2.05) is 0 Å². The molecule has 1 unspecified atom stereocenters. The summed E-state index contributed by atoms with van der Waals surface area (Å²) >= 11 is 5.89. The number of hydrogen-bond acceptors (Lipinski definition) is 4. The van der Waals surface area contributed by atoms with Gasteiger partial charge in [-0.05, 0) is 25.1 Å². The van der Waals surface area contributed by atoms with Crippen LogP contribution in [0.1, 0.15) is 24.2 Å². The maximum atomic E-state index is 12.0. The SMILES string of the molecule is CC(=O)Nc1ccc(Cl)c(C(=O)NCC(C)(O)C(=O)O)c1. The predicted octanol–water partition coefficient (Wildman–Crippen LogP) is 0.864. The van der Waals surface area contributed by atoms with Crippen LogP contribution in [0.25, 0.3) is 0 Å². The Morgan fingerprint density at radius 1 is 1.33 bits per heavy atom. The molecule has 0 aliphatic heterocycles. The van der Waals surface area contributed by atoms with E-state index in [4.69, 9.17) is 16.7 Å². The minimum absolute atomic E-state index is 0.0594. The zero-order chi connectivity index (χ0) is 16.2. The van der Waals surface area contributed by atoms with Gasteiger partial charge in [-0.1, -0.05) is 11.6 Å². The number of carboxylic acids is 1. The first kappa shape index (κ1) is 16.9. The van der Waals surface area contributed by atoms with Gasteiger partial charge in [0.2, 0.25) is 5.91 Å². The molecule has 8 heteroatoms. The fraction of sp³-hybridized carbons (Fsp3) is 0.308. The summed E-state index contributed by atoms with van der Waals surface area (Å²) in [7, 11) is 0.